The van der Waals surface area contributed by atoms with Crippen LogP contribution in [0.3, 0.4) is 0 Å². The van der Waals surface area contributed by atoms with Crippen LogP contribution >= 0.6 is 11.8 Å². The summed E-state index contributed by atoms with van der Waals surface area (Å²) in [5, 5.41) is 0. The molecule has 0 bridgehead atoms. The molecule has 0 aromatic heterocycles. The van der Waals surface area contributed by atoms with E-state index in [-0.39, 0.29) is 4.75 Å². The Morgan fingerprint density at radius 3 is 2.62 bits per heavy atom. The number of hydrogen-bond donors (Lipinski definition) is 0. The Hall–Kier alpha value is -0.760. The van der Waals surface area contributed by atoms with Gasteiger partial charge in [0.15, 0.2) is 5.78 Å². The molecule has 0 aliphatic carbocycles. The zero-order chi connectivity index (χ0) is 11.8. The van der Waals surface area contributed by atoms with Gasteiger partial charge in [-0.3, -0.25) is 4.79 Å². The lowest BCUT2D eigenvalue weighted by molar-refractivity contribution is 0.0949. The third-order valence-electron chi connectivity index (χ3n) is 3.47. The fourth-order valence-corrected chi connectivity index (χ4v) is 3.42. The number of carbonyl (C=O) groups is 1. The highest BCUT2D eigenvalue weighted by molar-refractivity contribution is 8.01. The minimum Gasteiger partial charge on any atom is -0.293 e. The highest BCUT2D eigenvalue weighted by Crippen LogP contribution is 2.40. The summed E-state index contributed by atoms with van der Waals surface area (Å²) in [6.45, 7) is 6.23. The van der Waals surface area contributed by atoms with Gasteiger partial charge in [-0.2, -0.15) is 0 Å². The number of hydrogen-bond acceptors (Lipinski definition) is 2. The first-order valence-electron chi connectivity index (χ1n) is 5.79. The van der Waals surface area contributed by atoms with Gasteiger partial charge in [-0.25, -0.2) is 0 Å². The van der Waals surface area contributed by atoms with Crippen molar-refractivity contribution in [2.45, 2.75) is 38.4 Å². The van der Waals surface area contributed by atoms with E-state index in [1.165, 1.54) is 11.1 Å². The predicted octanol–water partition coefficient (Wildman–Crippen LogP) is 3.77. The highest BCUT2D eigenvalue weighted by Gasteiger charge is 2.37. The van der Waals surface area contributed by atoms with Crippen LogP contribution in [0.15, 0.2) is 18.2 Å². The normalized spacial score (nSPS) is 24.7. The fraction of sp³-hybridized carbons (Fsp3) is 0.500. The van der Waals surface area contributed by atoms with Gasteiger partial charge in [0, 0.05) is 5.56 Å². The lowest BCUT2D eigenvalue weighted by Crippen LogP contribution is -2.28. The van der Waals surface area contributed by atoms with Crippen molar-refractivity contribution in [2.75, 3.05) is 5.75 Å². The first kappa shape index (κ1) is 11.7. The van der Waals surface area contributed by atoms with Gasteiger partial charge in [-0.05, 0) is 56.6 Å². The van der Waals surface area contributed by atoms with Crippen molar-refractivity contribution in [1.82, 2.24) is 0 Å². The van der Waals surface area contributed by atoms with Crippen LogP contribution in [0, 0.1) is 13.8 Å². The zero-order valence-electron chi connectivity index (χ0n) is 10.2. The van der Waals surface area contributed by atoms with Crippen molar-refractivity contribution in [1.29, 1.82) is 0 Å². The van der Waals surface area contributed by atoms with Crippen LogP contribution < -0.4 is 0 Å². The second kappa shape index (κ2) is 4.25. The Balaban J connectivity index is 2.30. The van der Waals surface area contributed by atoms with Crippen molar-refractivity contribution in [3.05, 3.63) is 34.9 Å². The van der Waals surface area contributed by atoms with Gasteiger partial charge in [0.25, 0.3) is 0 Å². The Morgan fingerprint density at radius 1 is 1.31 bits per heavy atom. The molecule has 1 aromatic carbocycles. The number of Topliss-reactive ketones (excluding diaryl/α,β-unsaturated/α-hetero) is 1. The molecule has 0 radical (unpaired) electrons. The lowest BCUT2D eigenvalue weighted by atomic mass is 9.93. The van der Waals surface area contributed by atoms with Gasteiger partial charge >= 0.3 is 0 Å². The quantitative estimate of drug-likeness (QED) is 0.725. The van der Waals surface area contributed by atoms with Crippen molar-refractivity contribution < 1.29 is 4.79 Å². The number of ketones is 1. The van der Waals surface area contributed by atoms with Gasteiger partial charge in [-0.1, -0.05) is 12.1 Å². The molecule has 16 heavy (non-hydrogen) atoms. The molecule has 1 nitrogen and oxygen atoms in total. The first-order valence-corrected chi connectivity index (χ1v) is 6.77. The van der Waals surface area contributed by atoms with Gasteiger partial charge in [-0.15, -0.1) is 11.8 Å². The minimum atomic E-state index is -0.179. The Bertz CT molecular complexity index is 417. The van der Waals surface area contributed by atoms with Crippen molar-refractivity contribution in [2.24, 2.45) is 0 Å². The van der Waals surface area contributed by atoms with Crippen LogP contribution in [-0.4, -0.2) is 16.3 Å². The molecule has 1 atom stereocenters. The Kier molecular flexibility index (Phi) is 3.11. The molecule has 1 fully saturated rings. The summed E-state index contributed by atoms with van der Waals surface area (Å²) in [4.78, 5) is 12.4. The summed E-state index contributed by atoms with van der Waals surface area (Å²) < 4.78 is -0.179. The molecule has 1 aliphatic rings. The van der Waals surface area contributed by atoms with Crippen LogP contribution in [0.4, 0.5) is 0 Å². The SMILES string of the molecule is Cc1ccc(C(=O)C2(C)CCCS2)cc1C. The summed E-state index contributed by atoms with van der Waals surface area (Å²) in [5.41, 5.74) is 3.33. The monoisotopic (exact) mass is 234 g/mol. The molecular weight excluding hydrogens is 216 g/mol. The van der Waals surface area contributed by atoms with Gasteiger partial charge in [0.05, 0.1) is 4.75 Å². The third-order valence-corrected chi connectivity index (χ3v) is 4.99. The average molecular weight is 234 g/mol. The Morgan fingerprint density at radius 2 is 2.06 bits per heavy atom. The molecule has 1 saturated heterocycles. The van der Waals surface area contributed by atoms with E-state index in [0.717, 1.165) is 24.2 Å². The van der Waals surface area contributed by atoms with E-state index in [1.54, 1.807) is 0 Å². The number of rotatable bonds is 2. The van der Waals surface area contributed by atoms with E-state index in [4.69, 9.17) is 0 Å². The lowest BCUT2D eigenvalue weighted by Gasteiger charge is -2.21. The minimum absolute atomic E-state index is 0.179. The number of thioether (sulfide) groups is 1. The molecule has 0 amide bonds. The maximum Gasteiger partial charge on any atom is 0.178 e. The van der Waals surface area contributed by atoms with E-state index in [9.17, 15) is 4.79 Å². The van der Waals surface area contributed by atoms with Crippen molar-refractivity contribution >= 4 is 17.5 Å². The van der Waals surface area contributed by atoms with Crippen LogP contribution in [0.1, 0.15) is 41.3 Å². The molecule has 2 heteroatoms. The summed E-state index contributed by atoms with van der Waals surface area (Å²) in [5.74, 6) is 1.42. The Labute approximate surface area is 102 Å². The van der Waals surface area contributed by atoms with E-state index in [0.29, 0.717) is 5.78 Å². The maximum atomic E-state index is 12.4. The van der Waals surface area contributed by atoms with Crippen LogP contribution in [0.5, 0.6) is 0 Å². The zero-order valence-corrected chi connectivity index (χ0v) is 11.0. The summed E-state index contributed by atoms with van der Waals surface area (Å²) >= 11 is 1.81. The van der Waals surface area contributed by atoms with Crippen molar-refractivity contribution in [3.8, 4) is 0 Å². The van der Waals surface area contributed by atoms with E-state index in [2.05, 4.69) is 20.8 Å². The largest absolute Gasteiger partial charge is 0.293 e. The summed E-state index contributed by atoms with van der Waals surface area (Å²) in [6.07, 6.45) is 2.18. The van der Waals surface area contributed by atoms with Gasteiger partial charge in [0.2, 0.25) is 0 Å². The smallest absolute Gasteiger partial charge is 0.178 e. The number of aryl methyl sites for hydroxylation is 2. The van der Waals surface area contributed by atoms with Crippen LogP contribution in [0.25, 0.3) is 0 Å². The highest BCUT2D eigenvalue weighted by atomic mass is 32.2. The summed E-state index contributed by atoms with van der Waals surface area (Å²) in [6, 6.07) is 6.04. The molecule has 0 N–H and O–H groups in total. The molecule has 1 unspecified atom stereocenters. The van der Waals surface area contributed by atoms with E-state index in [1.807, 2.05) is 30.0 Å². The topological polar surface area (TPSA) is 17.1 Å². The maximum absolute atomic E-state index is 12.4. The standard InChI is InChI=1S/C14H18OS/c1-10-5-6-12(9-11(10)2)13(15)14(3)7-4-8-16-14/h5-6,9H,4,7-8H2,1-3H3. The summed E-state index contributed by atoms with van der Waals surface area (Å²) in [7, 11) is 0. The molecule has 0 spiro atoms. The average Bonchev–Trinajstić information content (AvgIpc) is 2.70. The predicted molar refractivity (Wildman–Crippen MR) is 70.3 cm³/mol. The van der Waals surface area contributed by atoms with Gasteiger partial charge in [0.1, 0.15) is 0 Å². The molecule has 1 aromatic rings. The molecule has 2 rings (SSSR count). The van der Waals surface area contributed by atoms with Gasteiger partial charge < -0.3 is 0 Å². The molecule has 0 saturated carbocycles. The fourth-order valence-electron chi connectivity index (χ4n) is 2.15. The van der Waals surface area contributed by atoms with E-state index < -0.39 is 0 Å². The third kappa shape index (κ3) is 2.03. The second-order valence-electron chi connectivity index (χ2n) is 4.81. The second-order valence-corrected chi connectivity index (χ2v) is 6.41. The molecular formula is C14H18OS. The van der Waals surface area contributed by atoms with Crippen LogP contribution in [-0.2, 0) is 0 Å². The molecule has 86 valence electrons. The first-order chi connectivity index (χ1) is 7.53. The van der Waals surface area contributed by atoms with E-state index >= 15 is 0 Å². The molecule has 1 heterocycles. The molecule has 1 aliphatic heterocycles. The number of carbonyl (C=O) groups excluding carboxylic acids is 1. The van der Waals surface area contributed by atoms with Crippen molar-refractivity contribution in [3.63, 3.8) is 0 Å². The number of benzene rings is 1. The van der Waals surface area contributed by atoms with Crippen LogP contribution in [0.2, 0.25) is 0 Å².